The molecule has 0 aliphatic heterocycles. The highest BCUT2D eigenvalue weighted by Crippen LogP contribution is 2.48. The molecular weight excluding hydrogens is 302 g/mol. The van der Waals surface area contributed by atoms with E-state index in [4.69, 9.17) is 9.84 Å². The van der Waals surface area contributed by atoms with Gasteiger partial charge < -0.3 is 15.2 Å². The Bertz CT molecular complexity index is 683. The number of carboxylic acid groups (broad SMARTS) is 1. The minimum absolute atomic E-state index is 0.00779. The second kappa shape index (κ2) is 6.19. The SMILES string of the molecule is O=C(O)COc1cccc(NC(=O)[C@@H]2C[C@H]2c2ccsc2)c1. The van der Waals surface area contributed by atoms with Gasteiger partial charge in [-0.05, 0) is 46.9 Å². The monoisotopic (exact) mass is 317 g/mol. The largest absolute Gasteiger partial charge is 0.482 e. The second-order valence-electron chi connectivity index (χ2n) is 5.20. The molecule has 6 heteroatoms. The van der Waals surface area contributed by atoms with Crippen molar-refractivity contribution < 1.29 is 19.4 Å². The number of benzene rings is 1. The number of thiophene rings is 1. The quantitative estimate of drug-likeness (QED) is 0.859. The van der Waals surface area contributed by atoms with Gasteiger partial charge in [0.1, 0.15) is 5.75 Å². The number of carbonyl (C=O) groups is 2. The van der Waals surface area contributed by atoms with Crippen LogP contribution in [-0.4, -0.2) is 23.6 Å². The number of nitrogens with one attached hydrogen (secondary N) is 1. The molecule has 0 spiro atoms. The Labute approximate surface area is 131 Å². The first-order valence-electron chi connectivity index (χ1n) is 6.91. The standard InChI is InChI=1S/C16H15NO4S/c18-15(19)8-21-12-3-1-2-11(6-12)17-16(20)14-7-13(14)10-4-5-22-9-10/h1-6,9,13-14H,7-8H2,(H,17,20)(H,18,19)/t13-,14+/m0/s1. The van der Waals surface area contributed by atoms with E-state index in [0.717, 1.165) is 6.42 Å². The minimum Gasteiger partial charge on any atom is -0.482 e. The summed E-state index contributed by atoms with van der Waals surface area (Å²) in [6, 6.07) is 8.82. The predicted octanol–water partition coefficient (Wildman–Crippen LogP) is 2.95. The lowest BCUT2D eigenvalue weighted by Gasteiger charge is -2.08. The number of amides is 1. The number of rotatable bonds is 6. The van der Waals surface area contributed by atoms with Crippen LogP contribution >= 0.6 is 11.3 Å². The van der Waals surface area contributed by atoms with Crippen LogP contribution in [0.4, 0.5) is 5.69 Å². The van der Waals surface area contributed by atoms with Gasteiger partial charge in [0, 0.05) is 17.7 Å². The summed E-state index contributed by atoms with van der Waals surface area (Å²) in [5.74, 6) is -0.293. The van der Waals surface area contributed by atoms with Gasteiger partial charge in [-0.3, -0.25) is 4.79 Å². The average Bonchev–Trinajstić information content (AvgIpc) is 3.12. The van der Waals surface area contributed by atoms with E-state index in [9.17, 15) is 9.59 Å². The van der Waals surface area contributed by atoms with Gasteiger partial charge >= 0.3 is 5.97 Å². The molecule has 22 heavy (non-hydrogen) atoms. The lowest BCUT2D eigenvalue weighted by Crippen LogP contribution is -2.15. The van der Waals surface area contributed by atoms with Crippen molar-refractivity contribution in [3.63, 3.8) is 0 Å². The van der Waals surface area contributed by atoms with Crippen molar-refractivity contribution in [1.29, 1.82) is 0 Å². The van der Waals surface area contributed by atoms with E-state index in [1.54, 1.807) is 35.6 Å². The van der Waals surface area contributed by atoms with Gasteiger partial charge in [-0.2, -0.15) is 11.3 Å². The first-order valence-corrected chi connectivity index (χ1v) is 7.85. The summed E-state index contributed by atoms with van der Waals surface area (Å²) in [4.78, 5) is 22.7. The summed E-state index contributed by atoms with van der Waals surface area (Å²) in [5, 5.41) is 15.6. The third-order valence-corrected chi connectivity index (χ3v) is 4.26. The Morgan fingerprint density at radius 3 is 2.95 bits per heavy atom. The molecule has 2 aromatic rings. The normalized spacial score (nSPS) is 19.5. The van der Waals surface area contributed by atoms with Crippen LogP contribution in [0.15, 0.2) is 41.1 Å². The molecule has 0 radical (unpaired) electrons. The molecule has 1 aliphatic rings. The highest BCUT2D eigenvalue weighted by Gasteiger charge is 2.44. The summed E-state index contributed by atoms with van der Waals surface area (Å²) < 4.78 is 5.10. The van der Waals surface area contributed by atoms with Crippen molar-refractivity contribution in [2.45, 2.75) is 12.3 Å². The predicted molar refractivity (Wildman–Crippen MR) is 83.4 cm³/mol. The number of carbonyl (C=O) groups excluding carboxylic acids is 1. The van der Waals surface area contributed by atoms with Gasteiger partial charge in [0.25, 0.3) is 0 Å². The molecule has 0 bridgehead atoms. The zero-order valence-electron chi connectivity index (χ0n) is 11.7. The van der Waals surface area contributed by atoms with Crippen LogP contribution in [0, 0.1) is 5.92 Å². The highest BCUT2D eigenvalue weighted by atomic mass is 32.1. The Balaban J connectivity index is 1.58. The van der Waals surface area contributed by atoms with Crippen LogP contribution in [0.3, 0.4) is 0 Å². The first kappa shape index (κ1) is 14.6. The van der Waals surface area contributed by atoms with E-state index in [-0.39, 0.29) is 11.8 Å². The summed E-state index contributed by atoms with van der Waals surface area (Å²) >= 11 is 1.64. The number of anilines is 1. The van der Waals surface area contributed by atoms with Crippen molar-refractivity contribution in [2.24, 2.45) is 5.92 Å². The molecular formula is C16H15NO4S. The molecule has 2 atom stereocenters. The van der Waals surface area contributed by atoms with Crippen LogP contribution < -0.4 is 10.1 Å². The van der Waals surface area contributed by atoms with E-state index in [0.29, 0.717) is 17.4 Å². The van der Waals surface area contributed by atoms with Crippen LogP contribution in [0.5, 0.6) is 5.75 Å². The van der Waals surface area contributed by atoms with Crippen LogP contribution in [0.1, 0.15) is 17.9 Å². The summed E-state index contributed by atoms with van der Waals surface area (Å²) in [7, 11) is 0. The zero-order valence-corrected chi connectivity index (χ0v) is 12.5. The fourth-order valence-corrected chi connectivity index (χ4v) is 3.11. The lowest BCUT2D eigenvalue weighted by molar-refractivity contribution is -0.139. The second-order valence-corrected chi connectivity index (χ2v) is 5.98. The van der Waals surface area contributed by atoms with Crippen molar-refractivity contribution >= 4 is 28.9 Å². The molecule has 5 nitrogen and oxygen atoms in total. The molecule has 1 amide bonds. The van der Waals surface area contributed by atoms with Crippen molar-refractivity contribution in [3.8, 4) is 5.75 Å². The molecule has 1 aromatic heterocycles. The van der Waals surface area contributed by atoms with Gasteiger partial charge in [0.2, 0.25) is 5.91 Å². The zero-order chi connectivity index (χ0) is 15.5. The summed E-state index contributed by atoms with van der Waals surface area (Å²) in [5.41, 5.74) is 1.84. The molecule has 114 valence electrons. The Hall–Kier alpha value is -2.34. The number of hydrogen-bond acceptors (Lipinski definition) is 4. The van der Waals surface area contributed by atoms with Crippen LogP contribution in [0.2, 0.25) is 0 Å². The molecule has 1 saturated carbocycles. The maximum Gasteiger partial charge on any atom is 0.341 e. The fraction of sp³-hybridized carbons (Fsp3) is 0.250. The van der Waals surface area contributed by atoms with Gasteiger partial charge in [0.15, 0.2) is 6.61 Å². The molecule has 0 saturated heterocycles. The first-order chi connectivity index (χ1) is 10.6. The molecule has 3 rings (SSSR count). The van der Waals surface area contributed by atoms with E-state index in [1.807, 2.05) is 5.38 Å². The average molecular weight is 317 g/mol. The summed E-state index contributed by atoms with van der Waals surface area (Å²) in [6.45, 7) is -0.403. The van der Waals surface area contributed by atoms with Gasteiger partial charge in [-0.15, -0.1) is 0 Å². The molecule has 1 aliphatic carbocycles. The topological polar surface area (TPSA) is 75.6 Å². The van der Waals surface area contributed by atoms with Crippen LogP contribution in [-0.2, 0) is 9.59 Å². The Kier molecular flexibility index (Phi) is 4.11. The lowest BCUT2D eigenvalue weighted by atomic mass is 10.2. The third-order valence-electron chi connectivity index (χ3n) is 3.56. The maximum absolute atomic E-state index is 12.2. The van der Waals surface area contributed by atoms with Gasteiger partial charge in [-0.1, -0.05) is 6.07 Å². The highest BCUT2D eigenvalue weighted by molar-refractivity contribution is 7.08. The smallest absolute Gasteiger partial charge is 0.341 e. The number of carboxylic acids is 1. The third kappa shape index (κ3) is 3.46. The van der Waals surface area contributed by atoms with E-state index in [2.05, 4.69) is 16.8 Å². The van der Waals surface area contributed by atoms with Gasteiger partial charge in [-0.25, -0.2) is 4.79 Å². The number of ether oxygens (including phenoxy) is 1. The van der Waals surface area contributed by atoms with Gasteiger partial charge in [0.05, 0.1) is 0 Å². The molecule has 0 unspecified atom stereocenters. The summed E-state index contributed by atoms with van der Waals surface area (Å²) in [6.07, 6.45) is 0.873. The van der Waals surface area contributed by atoms with Crippen molar-refractivity contribution in [3.05, 3.63) is 46.7 Å². The molecule has 2 N–H and O–H groups in total. The molecule has 1 heterocycles. The fourth-order valence-electron chi connectivity index (χ4n) is 2.38. The van der Waals surface area contributed by atoms with Crippen molar-refractivity contribution in [1.82, 2.24) is 0 Å². The van der Waals surface area contributed by atoms with E-state index in [1.165, 1.54) is 5.56 Å². The molecule has 1 fully saturated rings. The maximum atomic E-state index is 12.2. The number of hydrogen-bond donors (Lipinski definition) is 2. The van der Waals surface area contributed by atoms with E-state index < -0.39 is 12.6 Å². The number of aliphatic carboxylic acids is 1. The minimum atomic E-state index is -1.04. The Morgan fingerprint density at radius 2 is 2.23 bits per heavy atom. The van der Waals surface area contributed by atoms with Crippen LogP contribution in [0.25, 0.3) is 0 Å². The van der Waals surface area contributed by atoms with Crippen molar-refractivity contribution in [2.75, 3.05) is 11.9 Å². The Morgan fingerprint density at radius 1 is 1.36 bits per heavy atom. The molecule has 1 aromatic carbocycles. The van der Waals surface area contributed by atoms with E-state index >= 15 is 0 Å².